The Balaban J connectivity index is 4.62. The number of hydrogen-bond donors (Lipinski definition) is 1. The number of halogens is 3. The van der Waals surface area contributed by atoms with E-state index in [9.17, 15) is 19.5 Å². The Labute approximate surface area is 116 Å². The molecule has 0 aliphatic carbocycles. The summed E-state index contributed by atoms with van der Waals surface area (Å²) in [5, 5.41) is 9.62. The molecule has 0 aliphatic rings. The van der Waals surface area contributed by atoms with Crippen LogP contribution < -0.4 is 0 Å². The second kappa shape index (κ2) is 5.90. The highest BCUT2D eigenvalue weighted by Crippen LogP contribution is 2.23. The summed E-state index contributed by atoms with van der Waals surface area (Å²) < 4.78 is -1.27. The van der Waals surface area contributed by atoms with Crippen LogP contribution in [0.3, 0.4) is 0 Å². The van der Waals surface area contributed by atoms with Gasteiger partial charge in [-0.15, -0.1) is 0 Å². The van der Waals surface area contributed by atoms with E-state index in [1.165, 1.54) is 67.8 Å². The molecule has 0 aromatic carbocycles. The molecule has 0 aliphatic heterocycles. The third kappa shape index (κ3) is 5.57. The molecule has 0 saturated heterocycles. The zero-order chi connectivity index (χ0) is 10.6. The highest BCUT2D eigenvalue weighted by Gasteiger charge is 2.37. The monoisotopic (exact) mass is 522 g/mol. The maximum Gasteiger partial charge on any atom is 0.224 e. The van der Waals surface area contributed by atoms with Gasteiger partial charge in [0.2, 0.25) is 3.79 Å². The predicted octanol–water partition coefficient (Wildman–Crippen LogP) is 1.38. The lowest BCUT2D eigenvalue weighted by Crippen LogP contribution is -2.38. The van der Waals surface area contributed by atoms with Gasteiger partial charge in [0.15, 0.2) is 7.58 Å². The van der Waals surface area contributed by atoms with Crippen LogP contribution in [-0.4, -0.2) is 22.1 Å². The van der Waals surface area contributed by atoms with Crippen LogP contribution in [0.25, 0.3) is 0 Å². The lowest BCUT2D eigenvalue weighted by Gasteiger charge is -2.20. The van der Waals surface area contributed by atoms with E-state index in [0.29, 0.717) is 0 Å². The Morgan fingerprint density at radius 2 is 1.31 bits per heavy atom. The standard InChI is InChI=1S/C6H5I3O4/c7-3(10)1-6(13,5(9)12)2-4(8)11/h13H,1-2H2. The van der Waals surface area contributed by atoms with Crippen molar-refractivity contribution in [1.82, 2.24) is 0 Å². The molecule has 0 radical (unpaired) electrons. The molecule has 0 aromatic heterocycles. The first-order valence-corrected chi connectivity index (χ1v) is 6.30. The van der Waals surface area contributed by atoms with E-state index in [-0.39, 0.29) is 20.4 Å². The van der Waals surface area contributed by atoms with Crippen molar-refractivity contribution in [2.24, 2.45) is 0 Å². The summed E-state index contributed by atoms with van der Waals surface area (Å²) in [6.45, 7) is 0. The summed E-state index contributed by atoms with van der Waals surface area (Å²) in [5.41, 5.74) is -1.82. The topological polar surface area (TPSA) is 71.4 Å². The zero-order valence-corrected chi connectivity index (χ0v) is 12.7. The molecule has 0 heterocycles. The van der Waals surface area contributed by atoms with Gasteiger partial charge in [0.1, 0.15) is 5.60 Å². The summed E-state index contributed by atoms with van der Waals surface area (Å²) in [6.07, 6.45) is -0.631. The Bertz CT molecular complexity index is 234. The molecule has 0 spiro atoms. The van der Waals surface area contributed by atoms with Crippen molar-refractivity contribution in [2.75, 3.05) is 0 Å². The highest BCUT2D eigenvalue weighted by atomic mass is 127. The molecular formula is C6H5I3O4. The van der Waals surface area contributed by atoms with Crippen LogP contribution in [0, 0.1) is 0 Å². The summed E-state index contributed by atoms with van der Waals surface area (Å²) >= 11 is 4.35. The molecule has 0 aromatic rings. The van der Waals surface area contributed by atoms with Crippen molar-refractivity contribution in [1.29, 1.82) is 0 Å². The van der Waals surface area contributed by atoms with Gasteiger partial charge in [-0.3, -0.25) is 14.4 Å². The number of carbonyl (C=O) groups is 3. The fourth-order valence-corrected chi connectivity index (χ4v) is 2.30. The highest BCUT2D eigenvalue weighted by molar-refractivity contribution is 14.1. The second-order valence-corrected chi connectivity index (χ2v) is 5.76. The van der Waals surface area contributed by atoms with Gasteiger partial charge in [-0.25, -0.2) is 0 Å². The molecule has 0 unspecified atom stereocenters. The average molecular weight is 522 g/mol. The van der Waals surface area contributed by atoms with E-state index in [2.05, 4.69) is 0 Å². The van der Waals surface area contributed by atoms with Crippen molar-refractivity contribution in [2.45, 2.75) is 18.4 Å². The molecule has 0 rings (SSSR count). The molecule has 13 heavy (non-hydrogen) atoms. The number of carbonyl (C=O) groups excluding carboxylic acids is 3. The molecule has 1 N–H and O–H groups in total. The van der Waals surface area contributed by atoms with Crippen molar-refractivity contribution < 1.29 is 19.5 Å². The van der Waals surface area contributed by atoms with Gasteiger partial charge < -0.3 is 5.11 Å². The second-order valence-electron chi connectivity index (χ2n) is 2.37. The van der Waals surface area contributed by atoms with Crippen molar-refractivity contribution in [3.8, 4) is 0 Å². The summed E-state index contributed by atoms with van der Waals surface area (Å²) in [7, 11) is 0. The summed E-state index contributed by atoms with van der Waals surface area (Å²) in [6, 6.07) is 0. The SMILES string of the molecule is O=C(I)CC(O)(CC(=O)I)C(=O)I. The molecule has 4 nitrogen and oxygen atoms in total. The fraction of sp³-hybridized carbons (Fsp3) is 0.500. The average Bonchev–Trinajstić information content (AvgIpc) is 1.82. The molecular weight excluding hydrogens is 517 g/mol. The minimum Gasteiger partial charge on any atom is -0.380 e. The van der Waals surface area contributed by atoms with Gasteiger partial charge >= 0.3 is 0 Å². The quantitative estimate of drug-likeness (QED) is 0.438. The maximum atomic E-state index is 11.0. The number of rotatable bonds is 5. The van der Waals surface area contributed by atoms with Crippen LogP contribution in [0.5, 0.6) is 0 Å². The van der Waals surface area contributed by atoms with Gasteiger partial charge in [-0.2, -0.15) is 0 Å². The van der Waals surface area contributed by atoms with Gasteiger partial charge in [-0.1, -0.05) is 0 Å². The van der Waals surface area contributed by atoms with Crippen LogP contribution in [0.15, 0.2) is 0 Å². The molecule has 7 heteroatoms. The number of aliphatic hydroxyl groups is 1. The smallest absolute Gasteiger partial charge is 0.224 e. The Morgan fingerprint density at radius 3 is 1.46 bits per heavy atom. The molecule has 0 bridgehead atoms. The molecule has 0 saturated carbocycles. The van der Waals surface area contributed by atoms with E-state index < -0.39 is 9.39 Å². The lowest BCUT2D eigenvalue weighted by molar-refractivity contribution is -0.134. The van der Waals surface area contributed by atoms with Crippen LogP contribution >= 0.6 is 67.8 Å². The normalized spacial score (nSPS) is 11.1. The van der Waals surface area contributed by atoms with Gasteiger partial charge in [0, 0.05) is 22.6 Å². The largest absolute Gasteiger partial charge is 0.380 e. The van der Waals surface area contributed by atoms with E-state index in [0.717, 1.165) is 0 Å². The first-order valence-electron chi connectivity index (χ1n) is 3.07. The van der Waals surface area contributed by atoms with E-state index in [4.69, 9.17) is 0 Å². The Morgan fingerprint density at radius 1 is 1.00 bits per heavy atom. The third-order valence-corrected chi connectivity index (χ3v) is 3.00. The van der Waals surface area contributed by atoms with Gasteiger partial charge in [-0.05, 0) is 45.2 Å². The van der Waals surface area contributed by atoms with Gasteiger partial charge in [0.25, 0.3) is 0 Å². The van der Waals surface area contributed by atoms with Crippen LogP contribution in [0.2, 0.25) is 0 Å². The first kappa shape index (κ1) is 14.2. The minimum atomic E-state index is -1.82. The van der Waals surface area contributed by atoms with E-state index >= 15 is 0 Å². The fourth-order valence-electron chi connectivity index (χ4n) is 0.661. The lowest BCUT2D eigenvalue weighted by atomic mass is 9.99. The molecule has 0 fully saturated rings. The van der Waals surface area contributed by atoms with Crippen molar-refractivity contribution in [3.63, 3.8) is 0 Å². The molecule has 0 amide bonds. The van der Waals surface area contributed by atoms with E-state index in [1.807, 2.05) is 0 Å². The van der Waals surface area contributed by atoms with Crippen molar-refractivity contribution in [3.05, 3.63) is 0 Å². The first-order chi connectivity index (χ1) is 5.78. The zero-order valence-electron chi connectivity index (χ0n) is 6.22. The van der Waals surface area contributed by atoms with Crippen LogP contribution in [0.4, 0.5) is 0 Å². The third-order valence-electron chi connectivity index (χ3n) is 1.23. The maximum absolute atomic E-state index is 11.0. The van der Waals surface area contributed by atoms with Crippen LogP contribution in [-0.2, 0) is 14.4 Å². The van der Waals surface area contributed by atoms with Crippen LogP contribution in [0.1, 0.15) is 12.8 Å². The predicted molar refractivity (Wildman–Crippen MR) is 71.3 cm³/mol. The number of hydrogen-bond acceptors (Lipinski definition) is 4. The molecule has 74 valence electrons. The van der Waals surface area contributed by atoms with Gasteiger partial charge in [0.05, 0.1) is 12.8 Å². The Hall–Kier alpha value is 1.16. The Kier molecular flexibility index (Phi) is 6.43. The van der Waals surface area contributed by atoms with E-state index in [1.54, 1.807) is 0 Å². The minimum absolute atomic E-state index is 0.315. The van der Waals surface area contributed by atoms with Crippen molar-refractivity contribution >= 4 is 79.1 Å². The molecule has 0 atom stereocenters. The summed E-state index contributed by atoms with van der Waals surface area (Å²) in [5.74, 6) is 0. The summed E-state index contributed by atoms with van der Waals surface area (Å²) in [4.78, 5) is 32.4.